The molecule has 110 valence electrons. The molecular weight excluding hydrogens is 286 g/mol. The van der Waals surface area contributed by atoms with Crippen LogP contribution >= 0.6 is 11.6 Å². The van der Waals surface area contributed by atoms with Crippen LogP contribution in [0.2, 0.25) is 5.15 Å². The molecule has 0 saturated heterocycles. The van der Waals surface area contributed by atoms with Gasteiger partial charge in [0.15, 0.2) is 0 Å². The Morgan fingerprint density at radius 1 is 1.14 bits per heavy atom. The molecule has 4 nitrogen and oxygen atoms in total. The molecule has 0 aliphatic carbocycles. The summed E-state index contributed by atoms with van der Waals surface area (Å²) in [5.74, 6) is -0.0675. The first-order valence-electron chi connectivity index (χ1n) is 6.68. The van der Waals surface area contributed by atoms with Gasteiger partial charge in [-0.05, 0) is 36.4 Å². The topological polar surface area (TPSA) is 45.2 Å². The molecule has 0 spiro atoms. The molecule has 1 aromatic carbocycles. The Balaban J connectivity index is 1.94. The van der Waals surface area contributed by atoms with Gasteiger partial charge in [0, 0.05) is 31.9 Å². The van der Waals surface area contributed by atoms with Crippen molar-refractivity contribution in [1.82, 2.24) is 15.2 Å². The summed E-state index contributed by atoms with van der Waals surface area (Å²) < 4.78 is 0. The molecule has 2 rings (SSSR count). The molecule has 21 heavy (non-hydrogen) atoms. The number of halogens is 1. The third-order valence-corrected chi connectivity index (χ3v) is 3.36. The minimum absolute atomic E-state index is 0.0675. The number of nitrogens with zero attached hydrogens (tertiary/aromatic N) is 2. The van der Waals surface area contributed by atoms with Crippen LogP contribution in [0.4, 0.5) is 0 Å². The van der Waals surface area contributed by atoms with E-state index in [-0.39, 0.29) is 5.91 Å². The van der Waals surface area contributed by atoms with Gasteiger partial charge in [-0.3, -0.25) is 9.69 Å². The highest BCUT2D eigenvalue weighted by molar-refractivity contribution is 6.29. The normalized spacial score (nSPS) is 10.7. The number of carbonyl (C=O) groups excluding carboxylic acids is 1. The van der Waals surface area contributed by atoms with Crippen molar-refractivity contribution in [1.29, 1.82) is 0 Å². The zero-order valence-corrected chi connectivity index (χ0v) is 12.9. The van der Waals surface area contributed by atoms with Crippen LogP contribution in [0.25, 0.3) is 0 Å². The van der Waals surface area contributed by atoms with E-state index >= 15 is 0 Å². The van der Waals surface area contributed by atoms with E-state index in [4.69, 9.17) is 11.6 Å². The van der Waals surface area contributed by atoms with Gasteiger partial charge in [-0.15, -0.1) is 0 Å². The van der Waals surface area contributed by atoms with Gasteiger partial charge in [0.25, 0.3) is 5.91 Å². The van der Waals surface area contributed by atoms with Gasteiger partial charge in [0.1, 0.15) is 5.15 Å². The van der Waals surface area contributed by atoms with E-state index < -0.39 is 0 Å². The summed E-state index contributed by atoms with van der Waals surface area (Å²) in [6, 6.07) is 11.4. The third-order valence-electron chi connectivity index (χ3n) is 3.14. The lowest BCUT2D eigenvalue weighted by Crippen LogP contribution is -2.19. The molecule has 0 radical (unpaired) electrons. The molecule has 0 saturated carbocycles. The molecule has 0 atom stereocenters. The first-order valence-corrected chi connectivity index (χ1v) is 7.06. The number of nitrogens with one attached hydrogen (secondary N) is 1. The molecule has 0 fully saturated rings. The van der Waals surface area contributed by atoms with Crippen LogP contribution in [0.15, 0.2) is 42.6 Å². The number of carbonyl (C=O) groups is 1. The second kappa shape index (κ2) is 7.20. The van der Waals surface area contributed by atoms with Crippen LogP contribution in [0.1, 0.15) is 21.5 Å². The lowest BCUT2D eigenvalue weighted by molar-refractivity contribution is 0.0963. The Bertz CT molecular complexity index is 596. The standard InChI is InChI=1S/C16H18ClN3O/c1-18-16(21)14-6-3-12(4-7-14)10-20(2)11-13-5-8-15(17)19-9-13/h3-9H,10-11H2,1-2H3,(H,18,21). The average molecular weight is 304 g/mol. The first-order chi connectivity index (χ1) is 10.1. The number of aromatic nitrogens is 1. The Kier molecular flexibility index (Phi) is 5.31. The van der Waals surface area contributed by atoms with E-state index in [0.717, 1.165) is 24.2 Å². The minimum Gasteiger partial charge on any atom is -0.355 e. The smallest absolute Gasteiger partial charge is 0.251 e. The number of pyridine rings is 1. The minimum atomic E-state index is -0.0675. The highest BCUT2D eigenvalue weighted by Gasteiger charge is 2.05. The van der Waals surface area contributed by atoms with E-state index in [2.05, 4.69) is 15.2 Å². The van der Waals surface area contributed by atoms with E-state index in [9.17, 15) is 4.79 Å². The van der Waals surface area contributed by atoms with Crippen molar-refractivity contribution in [2.75, 3.05) is 14.1 Å². The molecule has 0 bridgehead atoms. The van der Waals surface area contributed by atoms with Gasteiger partial charge in [0.2, 0.25) is 0 Å². The van der Waals surface area contributed by atoms with Crippen molar-refractivity contribution >= 4 is 17.5 Å². The van der Waals surface area contributed by atoms with Crippen molar-refractivity contribution < 1.29 is 4.79 Å². The molecular formula is C16H18ClN3O. The third kappa shape index (κ3) is 4.55. The summed E-state index contributed by atoms with van der Waals surface area (Å²) in [7, 11) is 3.67. The van der Waals surface area contributed by atoms with Crippen molar-refractivity contribution in [2.24, 2.45) is 0 Å². The SMILES string of the molecule is CNC(=O)c1ccc(CN(C)Cc2ccc(Cl)nc2)cc1. The molecule has 5 heteroatoms. The molecule has 0 aliphatic rings. The number of benzene rings is 1. The van der Waals surface area contributed by atoms with Crippen molar-refractivity contribution in [2.45, 2.75) is 13.1 Å². The maximum atomic E-state index is 11.5. The summed E-state index contributed by atoms with van der Waals surface area (Å²) >= 11 is 5.77. The highest BCUT2D eigenvalue weighted by Crippen LogP contribution is 2.11. The van der Waals surface area contributed by atoms with Crippen molar-refractivity contribution in [3.63, 3.8) is 0 Å². The second-order valence-electron chi connectivity index (χ2n) is 4.94. The molecule has 1 heterocycles. The molecule has 1 N–H and O–H groups in total. The van der Waals surface area contributed by atoms with E-state index in [0.29, 0.717) is 10.7 Å². The quantitative estimate of drug-likeness (QED) is 0.864. The average Bonchev–Trinajstić information content (AvgIpc) is 2.49. The van der Waals surface area contributed by atoms with Gasteiger partial charge in [0.05, 0.1) is 0 Å². The van der Waals surface area contributed by atoms with Crippen LogP contribution < -0.4 is 5.32 Å². The zero-order chi connectivity index (χ0) is 15.2. The lowest BCUT2D eigenvalue weighted by Gasteiger charge is -2.16. The fraction of sp³-hybridized carbons (Fsp3) is 0.250. The second-order valence-corrected chi connectivity index (χ2v) is 5.32. The summed E-state index contributed by atoms with van der Waals surface area (Å²) in [6.07, 6.45) is 1.79. The number of hydrogen-bond acceptors (Lipinski definition) is 3. The summed E-state index contributed by atoms with van der Waals surface area (Å²) in [6.45, 7) is 1.60. The lowest BCUT2D eigenvalue weighted by atomic mass is 10.1. The Hall–Kier alpha value is -1.91. The predicted molar refractivity (Wildman–Crippen MR) is 84.3 cm³/mol. The largest absolute Gasteiger partial charge is 0.355 e. The van der Waals surface area contributed by atoms with Crippen LogP contribution in [0.5, 0.6) is 0 Å². The number of amides is 1. The molecule has 0 unspecified atom stereocenters. The summed E-state index contributed by atoms with van der Waals surface area (Å²) in [5, 5.41) is 3.12. The molecule has 0 aliphatic heterocycles. The Morgan fingerprint density at radius 3 is 2.33 bits per heavy atom. The maximum Gasteiger partial charge on any atom is 0.251 e. The first kappa shape index (κ1) is 15.5. The van der Waals surface area contributed by atoms with Crippen LogP contribution in [0.3, 0.4) is 0 Å². The number of rotatable bonds is 5. The monoisotopic (exact) mass is 303 g/mol. The summed E-state index contributed by atoms with van der Waals surface area (Å²) in [4.78, 5) is 17.7. The van der Waals surface area contributed by atoms with Crippen LogP contribution in [-0.4, -0.2) is 29.9 Å². The fourth-order valence-electron chi connectivity index (χ4n) is 2.09. The van der Waals surface area contributed by atoms with Gasteiger partial charge in [-0.1, -0.05) is 29.8 Å². The highest BCUT2D eigenvalue weighted by atomic mass is 35.5. The molecule has 1 aromatic heterocycles. The van der Waals surface area contributed by atoms with Crippen LogP contribution in [0, 0.1) is 0 Å². The van der Waals surface area contributed by atoms with E-state index in [1.165, 1.54) is 0 Å². The Labute approximate surface area is 129 Å². The van der Waals surface area contributed by atoms with Gasteiger partial charge in [-0.2, -0.15) is 0 Å². The van der Waals surface area contributed by atoms with Gasteiger partial charge in [-0.25, -0.2) is 4.98 Å². The maximum absolute atomic E-state index is 11.5. The number of hydrogen-bond donors (Lipinski definition) is 1. The summed E-state index contributed by atoms with van der Waals surface area (Å²) in [5.41, 5.74) is 2.95. The van der Waals surface area contributed by atoms with E-state index in [1.807, 2.05) is 37.4 Å². The predicted octanol–water partition coefficient (Wildman–Crippen LogP) is 2.73. The van der Waals surface area contributed by atoms with Crippen LogP contribution in [-0.2, 0) is 13.1 Å². The van der Waals surface area contributed by atoms with Crippen molar-refractivity contribution in [3.05, 3.63) is 64.4 Å². The van der Waals surface area contributed by atoms with E-state index in [1.54, 1.807) is 19.3 Å². The molecule has 1 amide bonds. The van der Waals surface area contributed by atoms with Crippen molar-refractivity contribution in [3.8, 4) is 0 Å². The Morgan fingerprint density at radius 2 is 1.76 bits per heavy atom. The van der Waals surface area contributed by atoms with Gasteiger partial charge < -0.3 is 5.32 Å². The molecule has 2 aromatic rings. The zero-order valence-electron chi connectivity index (χ0n) is 12.1. The fourth-order valence-corrected chi connectivity index (χ4v) is 2.20. The van der Waals surface area contributed by atoms with Gasteiger partial charge >= 0.3 is 0 Å².